The lowest BCUT2D eigenvalue weighted by molar-refractivity contribution is 0.199. The highest BCUT2D eigenvalue weighted by Crippen LogP contribution is 2.25. The Bertz CT molecular complexity index is 1810. The molecule has 1 heterocycles. The monoisotopic (exact) mass is 702 g/mol. The van der Waals surface area contributed by atoms with Gasteiger partial charge in [0.2, 0.25) is 5.96 Å². The van der Waals surface area contributed by atoms with Crippen molar-refractivity contribution in [3.05, 3.63) is 71.1 Å². The smallest absolute Gasteiger partial charge is 0.365 e. The van der Waals surface area contributed by atoms with Crippen LogP contribution in [-0.2, 0) is 34.5 Å². The van der Waals surface area contributed by atoms with E-state index in [4.69, 9.17) is 24.9 Å². The van der Waals surface area contributed by atoms with Gasteiger partial charge in [-0.05, 0) is 66.7 Å². The fraction of sp³-hybridized carbons (Fsp3) is 0.333. The number of nitrogens with two attached hydrogens (primary N) is 1. The molecule has 1 saturated heterocycles. The predicted octanol–water partition coefficient (Wildman–Crippen LogP) is 1.98. The minimum Gasteiger partial charge on any atom is -0.497 e. The highest BCUT2D eigenvalue weighted by atomic mass is 32.2. The van der Waals surface area contributed by atoms with Crippen LogP contribution in [0.25, 0.3) is 10.4 Å². The number of amidine groups is 1. The topological polar surface area (TPSA) is 245 Å². The van der Waals surface area contributed by atoms with Crippen LogP contribution in [-0.4, -0.2) is 86.4 Å². The van der Waals surface area contributed by atoms with Crippen molar-refractivity contribution in [3.8, 4) is 11.5 Å². The van der Waals surface area contributed by atoms with Crippen molar-refractivity contribution < 1.29 is 38.9 Å². The van der Waals surface area contributed by atoms with Crippen LogP contribution in [0.15, 0.2) is 85.0 Å². The van der Waals surface area contributed by atoms with Gasteiger partial charge < -0.3 is 15.2 Å². The number of azide groups is 1. The Morgan fingerprint density at radius 3 is 2.22 bits per heavy atom. The third-order valence-electron chi connectivity index (χ3n) is 5.96. The zero-order chi connectivity index (χ0) is 33.3. The summed E-state index contributed by atoms with van der Waals surface area (Å²) in [6, 6.07) is 8.46. The Morgan fingerprint density at radius 2 is 1.69 bits per heavy atom. The van der Waals surface area contributed by atoms with E-state index < -0.39 is 55.0 Å². The van der Waals surface area contributed by atoms with E-state index in [-0.39, 0.29) is 27.9 Å². The van der Waals surface area contributed by atoms with Gasteiger partial charge in [0.05, 0.1) is 42.7 Å². The maximum atomic E-state index is 12.9. The first kappa shape index (κ1) is 35.5. The van der Waals surface area contributed by atoms with Gasteiger partial charge in [0.1, 0.15) is 11.5 Å². The number of aliphatic imine (C=N–C) groups is 1. The highest BCUT2D eigenvalue weighted by molar-refractivity contribution is 8.14. The standard InChI is InChI=1S/C24H30N8O9S4/c1-39-17-7-11-19(12-8-17)43(33,34)29-23(25)32-22(21(28-31-26)16-41-45(32,37)38)6-4-5-15-27-24(42-3)30-44(35,36)20-13-9-18(40-2)10-14-20/h4,6-14,21-22H,5,15-16H2,1-3H3,(H2,25,29)(H,27,30)/b6-4-/t21-,22+/m0/s1. The van der Waals surface area contributed by atoms with E-state index in [1.54, 1.807) is 6.26 Å². The predicted molar refractivity (Wildman–Crippen MR) is 168 cm³/mol. The van der Waals surface area contributed by atoms with E-state index in [1.807, 2.05) is 0 Å². The van der Waals surface area contributed by atoms with Gasteiger partial charge in [-0.25, -0.2) is 12.7 Å². The second-order valence-electron chi connectivity index (χ2n) is 8.79. The van der Waals surface area contributed by atoms with Crippen molar-refractivity contribution in [1.29, 1.82) is 0 Å². The zero-order valence-corrected chi connectivity index (χ0v) is 27.4. The van der Waals surface area contributed by atoms with Gasteiger partial charge in [-0.1, -0.05) is 29.0 Å². The molecule has 45 heavy (non-hydrogen) atoms. The van der Waals surface area contributed by atoms with Crippen LogP contribution >= 0.6 is 11.8 Å². The average molecular weight is 703 g/mol. The Kier molecular flexibility index (Phi) is 12.1. The molecular weight excluding hydrogens is 673 g/mol. The summed E-state index contributed by atoms with van der Waals surface area (Å²) in [4.78, 5) is 6.68. The SMILES string of the molecule is COc1ccc(S(=O)(=O)/N=C(\N)N2[C@H](/C=C\CCN=C(NS(=O)(=O)c3ccc(OC)cc3)SC)[C@@H](N=[N+]=[N-])COS2(=O)=O)cc1. The molecule has 0 amide bonds. The number of thioether (sulfide) groups is 1. The van der Waals surface area contributed by atoms with Gasteiger partial charge in [-0.15, -0.1) is 4.40 Å². The minimum atomic E-state index is -4.66. The van der Waals surface area contributed by atoms with E-state index >= 15 is 0 Å². The van der Waals surface area contributed by atoms with Gasteiger partial charge in [-0.2, -0.15) is 16.8 Å². The molecule has 0 aromatic heterocycles. The molecule has 244 valence electrons. The molecule has 2 aromatic rings. The number of hydrogen-bond acceptors (Lipinski definition) is 12. The van der Waals surface area contributed by atoms with Gasteiger partial charge in [0.15, 0.2) is 5.17 Å². The van der Waals surface area contributed by atoms with E-state index in [1.165, 1.54) is 74.9 Å². The molecule has 1 aliphatic rings. The van der Waals surface area contributed by atoms with Crippen LogP contribution in [0.1, 0.15) is 6.42 Å². The van der Waals surface area contributed by atoms with E-state index in [9.17, 15) is 25.3 Å². The zero-order valence-electron chi connectivity index (χ0n) is 24.1. The number of benzene rings is 2. The average Bonchev–Trinajstić information content (AvgIpc) is 3.01. The van der Waals surface area contributed by atoms with Crippen LogP contribution in [0.3, 0.4) is 0 Å². The van der Waals surface area contributed by atoms with Gasteiger partial charge in [0.25, 0.3) is 20.0 Å². The molecule has 2 atom stereocenters. The second kappa shape index (κ2) is 15.3. The molecule has 17 nitrogen and oxygen atoms in total. The fourth-order valence-corrected chi connectivity index (χ4v) is 7.73. The largest absolute Gasteiger partial charge is 0.497 e. The summed E-state index contributed by atoms with van der Waals surface area (Å²) in [6.45, 7) is -0.478. The van der Waals surface area contributed by atoms with Gasteiger partial charge in [-0.3, -0.25) is 13.9 Å². The van der Waals surface area contributed by atoms with Crippen LogP contribution in [0.2, 0.25) is 0 Å². The molecule has 0 aliphatic carbocycles. The Hall–Kier alpha value is -4.01. The molecule has 0 saturated carbocycles. The number of hydrogen-bond donors (Lipinski definition) is 2. The highest BCUT2D eigenvalue weighted by Gasteiger charge is 2.42. The summed E-state index contributed by atoms with van der Waals surface area (Å²) in [5.74, 6) is -0.0807. The lowest BCUT2D eigenvalue weighted by Crippen LogP contribution is -2.57. The van der Waals surface area contributed by atoms with Crippen LogP contribution in [0.5, 0.6) is 11.5 Å². The number of methoxy groups -OCH3 is 2. The number of sulfonamides is 2. The van der Waals surface area contributed by atoms with Crippen molar-refractivity contribution in [1.82, 2.24) is 9.03 Å². The first-order chi connectivity index (χ1) is 21.3. The lowest BCUT2D eigenvalue weighted by atomic mass is 10.1. The molecule has 0 spiro atoms. The normalized spacial score (nSPS) is 19.1. The maximum Gasteiger partial charge on any atom is 0.365 e. The molecule has 1 fully saturated rings. The van der Waals surface area contributed by atoms with E-state index in [0.717, 1.165) is 11.8 Å². The first-order valence-electron chi connectivity index (χ1n) is 12.7. The molecule has 0 bridgehead atoms. The van der Waals surface area contributed by atoms with Gasteiger partial charge in [0, 0.05) is 11.5 Å². The van der Waals surface area contributed by atoms with Crippen molar-refractivity contribution in [2.75, 3.05) is 33.6 Å². The third kappa shape index (κ3) is 9.25. The lowest BCUT2D eigenvalue weighted by Gasteiger charge is -2.36. The van der Waals surface area contributed by atoms with Crippen molar-refractivity contribution in [2.24, 2.45) is 20.2 Å². The van der Waals surface area contributed by atoms with Crippen molar-refractivity contribution >= 4 is 53.2 Å². The molecule has 1 aliphatic heterocycles. The molecular formula is C24H30N8O9S4. The maximum absolute atomic E-state index is 12.9. The Morgan fingerprint density at radius 1 is 1.11 bits per heavy atom. The van der Waals surface area contributed by atoms with Crippen LogP contribution < -0.4 is 19.9 Å². The molecule has 0 radical (unpaired) electrons. The van der Waals surface area contributed by atoms with Crippen LogP contribution in [0, 0.1) is 0 Å². The van der Waals surface area contributed by atoms with Gasteiger partial charge >= 0.3 is 10.3 Å². The Labute approximate surface area is 265 Å². The van der Waals surface area contributed by atoms with E-state index in [2.05, 4.69) is 24.1 Å². The number of guanidine groups is 1. The fourth-order valence-electron chi connectivity index (χ4n) is 3.77. The van der Waals surface area contributed by atoms with Crippen molar-refractivity contribution in [2.45, 2.75) is 28.3 Å². The summed E-state index contributed by atoms with van der Waals surface area (Å²) < 4.78 is 98.1. The summed E-state index contributed by atoms with van der Waals surface area (Å²) in [5, 5.41) is 3.66. The first-order valence-corrected chi connectivity index (χ1v) is 18.2. The number of rotatable bonds is 11. The number of nitrogens with zero attached hydrogens (tertiary/aromatic N) is 6. The molecule has 3 N–H and O–H groups in total. The summed E-state index contributed by atoms with van der Waals surface area (Å²) in [7, 11) is -10.2. The third-order valence-corrected chi connectivity index (χ3v) is 10.7. The van der Waals surface area contributed by atoms with Crippen molar-refractivity contribution in [3.63, 3.8) is 0 Å². The quantitative estimate of drug-likeness (QED) is 0.0652. The van der Waals surface area contributed by atoms with E-state index in [0.29, 0.717) is 15.8 Å². The second-order valence-corrected chi connectivity index (χ2v) is 14.4. The molecule has 2 aromatic carbocycles. The number of ether oxygens (including phenoxy) is 2. The van der Waals surface area contributed by atoms with Crippen LogP contribution in [0.4, 0.5) is 0 Å². The minimum absolute atomic E-state index is 0.00288. The molecule has 3 rings (SSSR count). The summed E-state index contributed by atoms with van der Waals surface area (Å²) in [5.41, 5.74) is 14.9. The summed E-state index contributed by atoms with van der Waals surface area (Å²) in [6.07, 6.45) is 4.62. The summed E-state index contributed by atoms with van der Waals surface area (Å²) >= 11 is 1.06. The molecule has 0 unspecified atom stereocenters. The molecule has 21 heteroatoms. The Balaban J connectivity index is 1.82. The number of nitrogens with one attached hydrogen (secondary N) is 1.